The molecule has 0 heterocycles. The predicted octanol–water partition coefficient (Wildman–Crippen LogP) is 5.68. The summed E-state index contributed by atoms with van der Waals surface area (Å²) >= 11 is 5.74. The summed E-state index contributed by atoms with van der Waals surface area (Å²) in [6.07, 6.45) is 0. The maximum absolute atomic E-state index is 5.74. The van der Waals surface area contributed by atoms with Gasteiger partial charge in [0.15, 0.2) is 5.11 Å². The fraction of sp³-hybridized carbons (Fsp3) is 0.190. The molecule has 0 unspecified atom stereocenters. The first-order chi connectivity index (χ1) is 11.6. The van der Waals surface area contributed by atoms with Crippen molar-refractivity contribution in [3.63, 3.8) is 0 Å². The molecule has 3 aromatic rings. The molecule has 0 radical (unpaired) electrons. The van der Waals surface area contributed by atoms with Gasteiger partial charge in [0.2, 0.25) is 0 Å². The van der Waals surface area contributed by atoms with Crippen LogP contribution in [0.4, 0.5) is 11.4 Å². The molecule has 3 heteroatoms. The lowest BCUT2D eigenvalue weighted by Gasteiger charge is -2.27. The Morgan fingerprint density at radius 3 is 2.25 bits per heavy atom. The Kier molecular flexibility index (Phi) is 4.81. The molecule has 0 fully saturated rings. The average Bonchev–Trinajstić information content (AvgIpc) is 2.59. The van der Waals surface area contributed by atoms with Crippen LogP contribution in [0.3, 0.4) is 0 Å². The predicted molar refractivity (Wildman–Crippen MR) is 109 cm³/mol. The van der Waals surface area contributed by atoms with Crippen LogP contribution in [0.25, 0.3) is 10.8 Å². The third kappa shape index (κ3) is 3.13. The highest BCUT2D eigenvalue weighted by Crippen LogP contribution is 2.28. The zero-order valence-corrected chi connectivity index (χ0v) is 15.2. The Hall–Kier alpha value is -2.39. The van der Waals surface area contributed by atoms with Gasteiger partial charge in [0.25, 0.3) is 0 Å². The van der Waals surface area contributed by atoms with Gasteiger partial charge in [-0.15, -0.1) is 0 Å². The molecule has 0 saturated heterocycles. The smallest absolute Gasteiger partial charge is 0.177 e. The number of nitrogens with zero attached hydrogens (tertiary/aromatic N) is 1. The molecule has 2 nitrogen and oxygen atoms in total. The minimum absolute atomic E-state index is 0.728. The zero-order chi connectivity index (χ0) is 17.1. The van der Waals surface area contributed by atoms with Gasteiger partial charge in [-0.3, -0.25) is 0 Å². The van der Waals surface area contributed by atoms with Gasteiger partial charge >= 0.3 is 0 Å². The summed E-state index contributed by atoms with van der Waals surface area (Å²) in [6, 6.07) is 21.0. The molecule has 122 valence electrons. The molecule has 0 aromatic heterocycles. The maximum atomic E-state index is 5.74. The summed E-state index contributed by atoms with van der Waals surface area (Å²) < 4.78 is 0. The van der Waals surface area contributed by atoms with Crippen molar-refractivity contribution in [2.75, 3.05) is 16.8 Å². The van der Waals surface area contributed by atoms with Crippen LogP contribution in [0, 0.1) is 13.8 Å². The number of benzene rings is 3. The topological polar surface area (TPSA) is 15.3 Å². The quantitative estimate of drug-likeness (QED) is 0.620. The SMILES string of the molecule is CCN(C(=S)Nc1c(C)cccc1C)c1cccc2ccccc12. The molecule has 0 saturated carbocycles. The number of rotatable bonds is 3. The lowest BCUT2D eigenvalue weighted by atomic mass is 10.1. The average molecular weight is 334 g/mol. The van der Waals surface area contributed by atoms with E-state index < -0.39 is 0 Å². The Morgan fingerprint density at radius 2 is 1.54 bits per heavy atom. The van der Waals surface area contributed by atoms with Gasteiger partial charge in [-0.05, 0) is 55.6 Å². The van der Waals surface area contributed by atoms with Crippen molar-refractivity contribution in [3.8, 4) is 0 Å². The van der Waals surface area contributed by atoms with Gasteiger partial charge in [-0.25, -0.2) is 0 Å². The molecule has 0 spiro atoms. The van der Waals surface area contributed by atoms with E-state index in [4.69, 9.17) is 12.2 Å². The van der Waals surface area contributed by atoms with Crippen LogP contribution in [0.15, 0.2) is 60.7 Å². The molecule has 0 aliphatic heterocycles. The Bertz CT molecular complexity index is 860. The van der Waals surface area contributed by atoms with Crippen LogP contribution in [0.5, 0.6) is 0 Å². The summed E-state index contributed by atoms with van der Waals surface area (Å²) in [7, 11) is 0. The lowest BCUT2D eigenvalue weighted by molar-refractivity contribution is 1.07. The summed E-state index contributed by atoms with van der Waals surface area (Å²) in [5.41, 5.74) is 4.64. The van der Waals surface area contributed by atoms with E-state index in [9.17, 15) is 0 Å². The molecule has 1 N–H and O–H groups in total. The molecule has 0 bridgehead atoms. The van der Waals surface area contributed by atoms with Crippen LogP contribution >= 0.6 is 12.2 Å². The minimum atomic E-state index is 0.728. The Morgan fingerprint density at radius 1 is 0.917 bits per heavy atom. The van der Waals surface area contributed by atoms with Crippen LogP contribution in [0.1, 0.15) is 18.1 Å². The van der Waals surface area contributed by atoms with Crippen LogP contribution in [-0.2, 0) is 0 Å². The van der Waals surface area contributed by atoms with Gasteiger partial charge < -0.3 is 10.2 Å². The highest BCUT2D eigenvalue weighted by atomic mass is 32.1. The Labute approximate surface area is 149 Å². The largest absolute Gasteiger partial charge is 0.332 e. The van der Waals surface area contributed by atoms with Crippen molar-refractivity contribution in [2.45, 2.75) is 20.8 Å². The van der Waals surface area contributed by atoms with Crippen LogP contribution < -0.4 is 10.2 Å². The molecule has 24 heavy (non-hydrogen) atoms. The number of hydrogen-bond donors (Lipinski definition) is 1. The van der Waals surface area contributed by atoms with Gasteiger partial charge in [-0.1, -0.05) is 54.6 Å². The van der Waals surface area contributed by atoms with Crippen molar-refractivity contribution in [3.05, 3.63) is 71.8 Å². The van der Waals surface area contributed by atoms with E-state index in [1.165, 1.54) is 21.9 Å². The second-order valence-electron chi connectivity index (χ2n) is 5.94. The van der Waals surface area contributed by atoms with Gasteiger partial charge in [0.1, 0.15) is 0 Å². The Balaban J connectivity index is 1.97. The number of hydrogen-bond acceptors (Lipinski definition) is 1. The summed E-state index contributed by atoms with van der Waals surface area (Å²) in [5, 5.41) is 6.62. The normalized spacial score (nSPS) is 10.6. The zero-order valence-electron chi connectivity index (χ0n) is 14.3. The van der Waals surface area contributed by atoms with Crippen molar-refractivity contribution in [2.24, 2.45) is 0 Å². The van der Waals surface area contributed by atoms with Crippen LogP contribution in [-0.4, -0.2) is 11.7 Å². The molecule has 3 rings (SSSR count). The number of anilines is 2. The molecule has 3 aromatic carbocycles. The van der Waals surface area contributed by atoms with Crippen molar-refractivity contribution < 1.29 is 0 Å². The van der Waals surface area contributed by atoms with E-state index in [0.717, 1.165) is 23.0 Å². The van der Waals surface area contributed by atoms with Crippen molar-refractivity contribution in [1.82, 2.24) is 0 Å². The van der Waals surface area contributed by atoms with Gasteiger partial charge in [0.05, 0.1) is 5.69 Å². The fourth-order valence-electron chi connectivity index (χ4n) is 3.05. The van der Waals surface area contributed by atoms with E-state index in [1.807, 2.05) is 0 Å². The highest BCUT2D eigenvalue weighted by Gasteiger charge is 2.14. The molecular formula is C21H22N2S. The maximum Gasteiger partial charge on any atom is 0.177 e. The lowest BCUT2D eigenvalue weighted by Crippen LogP contribution is -2.35. The van der Waals surface area contributed by atoms with E-state index in [0.29, 0.717) is 0 Å². The van der Waals surface area contributed by atoms with E-state index in [2.05, 4.69) is 91.7 Å². The monoisotopic (exact) mass is 334 g/mol. The second-order valence-corrected chi connectivity index (χ2v) is 6.33. The molecular weight excluding hydrogens is 312 g/mol. The number of para-hydroxylation sites is 1. The molecule has 0 atom stereocenters. The summed E-state index contributed by atoms with van der Waals surface area (Å²) in [5.74, 6) is 0. The van der Waals surface area contributed by atoms with Crippen molar-refractivity contribution >= 4 is 39.5 Å². The molecule has 0 aliphatic rings. The van der Waals surface area contributed by atoms with E-state index in [1.54, 1.807) is 0 Å². The second kappa shape index (κ2) is 7.02. The number of fused-ring (bicyclic) bond motifs is 1. The van der Waals surface area contributed by atoms with E-state index >= 15 is 0 Å². The fourth-order valence-corrected chi connectivity index (χ4v) is 3.38. The van der Waals surface area contributed by atoms with E-state index in [-0.39, 0.29) is 0 Å². The number of aryl methyl sites for hydroxylation is 2. The first-order valence-electron chi connectivity index (χ1n) is 8.24. The number of nitrogens with one attached hydrogen (secondary N) is 1. The summed E-state index contributed by atoms with van der Waals surface area (Å²) in [4.78, 5) is 2.16. The van der Waals surface area contributed by atoms with Crippen LogP contribution in [0.2, 0.25) is 0 Å². The molecule has 0 amide bonds. The summed E-state index contributed by atoms with van der Waals surface area (Å²) in [6.45, 7) is 7.14. The third-order valence-corrected chi connectivity index (χ3v) is 4.65. The highest BCUT2D eigenvalue weighted by molar-refractivity contribution is 7.80. The van der Waals surface area contributed by atoms with Gasteiger partial charge in [-0.2, -0.15) is 0 Å². The minimum Gasteiger partial charge on any atom is -0.332 e. The number of thiocarbonyl (C=S) groups is 1. The first-order valence-corrected chi connectivity index (χ1v) is 8.65. The first kappa shape index (κ1) is 16.5. The van der Waals surface area contributed by atoms with Gasteiger partial charge in [0, 0.05) is 17.6 Å². The third-order valence-electron chi connectivity index (χ3n) is 4.33. The van der Waals surface area contributed by atoms with Crippen molar-refractivity contribution in [1.29, 1.82) is 0 Å². The molecule has 0 aliphatic carbocycles. The standard InChI is InChI=1S/C21H22N2S/c1-4-23(19-14-8-12-17-11-5-6-13-18(17)19)21(24)22-20-15(2)9-7-10-16(20)3/h5-14H,4H2,1-3H3,(H,22,24).